The first-order chi connectivity index (χ1) is 13.8. The number of nitrogens with one attached hydrogen (secondary N) is 1. The minimum Gasteiger partial charge on any atom is -0.338 e. The zero-order valence-electron chi connectivity index (χ0n) is 15.4. The minimum absolute atomic E-state index is 0.0386. The zero-order valence-corrected chi connectivity index (χ0v) is 17.8. The zero-order chi connectivity index (χ0) is 21.0. The van der Waals surface area contributed by atoms with Crippen LogP contribution in [0.2, 0.25) is 10.0 Å². The molecule has 0 spiro atoms. The Labute approximate surface area is 179 Å². The van der Waals surface area contributed by atoms with Crippen molar-refractivity contribution < 1.29 is 17.6 Å². The number of carbonyl (C=O) groups is 1. The van der Waals surface area contributed by atoms with Crippen molar-refractivity contribution in [2.75, 3.05) is 32.7 Å². The number of hydrogen-bond donors (Lipinski definition) is 1. The molecular formula is C19H20Cl2FN3O3S. The molecule has 1 aliphatic rings. The van der Waals surface area contributed by atoms with Crippen LogP contribution in [0, 0.1) is 5.82 Å². The second kappa shape index (κ2) is 9.30. The Bertz CT molecular complexity index is 979. The molecule has 0 aliphatic carbocycles. The van der Waals surface area contributed by atoms with E-state index in [2.05, 4.69) is 5.32 Å². The van der Waals surface area contributed by atoms with Crippen LogP contribution in [-0.4, -0.2) is 56.4 Å². The molecule has 1 heterocycles. The third-order valence-electron chi connectivity index (χ3n) is 4.66. The maximum atomic E-state index is 13.0. The van der Waals surface area contributed by atoms with Crippen molar-refractivity contribution in [3.63, 3.8) is 0 Å². The summed E-state index contributed by atoms with van der Waals surface area (Å²) in [4.78, 5) is 14.0. The summed E-state index contributed by atoms with van der Waals surface area (Å²) in [7, 11) is -3.71. The minimum atomic E-state index is -3.71. The number of halogens is 3. The van der Waals surface area contributed by atoms with Crippen LogP contribution in [0.15, 0.2) is 47.4 Å². The smallest absolute Gasteiger partial charge is 0.317 e. The van der Waals surface area contributed by atoms with Crippen LogP contribution >= 0.6 is 23.2 Å². The monoisotopic (exact) mass is 459 g/mol. The van der Waals surface area contributed by atoms with Gasteiger partial charge in [0.15, 0.2) is 0 Å². The molecule has 156 valence electrons. The molecule has 3 rings (SSSR count). The first kappa shape index (κ1) is 21.8. The summed E-state index contributed by atoms with van der Waals surface area (Å²) >= 11 is 12.0. The van der Waals surface area contributed by atoms with E-state index in [-0.39, 0.29) is 37.1 Å². The molecular weight excluding hydrogens is 440 g/mol. The van der Waals surface area contributed by atoms with Gasteiger partial charge >= 0.3 is 6.03 Å². The van der Waals surface area contributed by atoms with Gasteiger partial charge in [-0.05, 0) is 48.4 Å². The number of rotatable bonds is 5. The molecule has 2 amide bonds. The van der Waals surface area contributed by atoms with Gasteiger partial charge in [-0.15, -0.1) is 0 Å². The fraction of sp³-hybridized carbons (Fsp3) is 0.316. The van der Waals surface area contributed by atoms with E-state index in [0.717, 1.165) is 17.7 Å². The molecule has 1 fully saturated rings. The third-order valence-corrected chi connectivity index (χ3v) is 7.16. The maximum Gasteiger partial charge on any atom is 0.317 e. The first-order valence-corrected chi connectivity index (χ1v) is 11.2. The van der Waals surface area contributed by atoms with Gasteiger partial charge in [-0.1, -0.05) is 29.3 Å². The van der Waals surface area contributed by atoms with Gasteiger partial charge in [-0.3, -0.25) is 0 Å². The number of carbonyl (C=O) groups excluding carboxylic acids is 1. The SMILES string of the molecule is O=C(NCCc1ccc(Cl)cc1Cl)N1CCN(S(=O)(=O)c2ccc(F)cc2)CC1. The van der Waals surface area contributed by atoms with Crippen LogP contribution in [0.25, 0.3) is 0 Å². The summed E-state index contributed by atoms with van der Waals surface area (Å²) in [5.74, 6) is -0.495. The van der Waals surface area contributed by atoms with E-state index in [9.17, 15) is 17.6 Å². The van der Waals surface area contributed by atoms with Gasteiger partial charge in [-0.2, -0.15) is 4.31 Å². The van der Waals surface area contributed by atoms with Crippen molar-refractivity contribution in [3.8, 4) is 0 Å². The Morgan fingerprint density at radius 3 is 2.31 bits per heavy atom. The molecule has 10 heteroatoms. The van der Waals surface area contributed by atoms with Crippen LogP contribution < -0.4 is 5.32 Å². The largest absolute Gasteiger partial charge is 0.338 e. The van der Waals surface area contributed by atoms with Crippen LogP contribution in [0.3, 0.4) is 0 Å². The van der Waals surface area contributed by atoms with Crippen LogP contribution in [-0.2, 0) is 16.4 Å². The van der Waals surface area contributed by atoms with Gasteiger partial charge < -0.3 is 10.2 Å². The average molecular weight is 460 g/mol. The molecule has 29 heavy (non-hydrogen) atoms. The third kappa shape index (κ3) is 5.39. The Morgan fingerprint density at radius 1 is 1.03 bits per heavy atom. The van der Waals surface area contributed by atoms with Crippen molar-refractivity contribution in [1.82, 2.24) is 14.5 Å². The van der Waals surface area contributed by atoms with Crippen molar-refractivity contribution in [2.45, 2.75) is 11.3 Å². The lowest BCUT2D eigenvalue weighted by Gasteiger charge is -2.34. The van der Waals surface area contributed by atoms with Crippen molar-refractivity contribution in [1.29, 1.82) is 0 Å². The molecule has 1 aliphatic heterocycles. The number of sulfonamides is 1. The molecule has 0 radical (unpaired) electrons. The summed E-state index contributed by atoms with van der Waals surface area (Å²) in [6.07, 6.45) is 0.556. The molecule has 1 N–H and O–H groups in total. The highest BCUT2D eigenvalue weighted by Gasteiger charge is 2.30. The van der Waals surface area contributed by atoms with Gasteiger partial charge in [0.05, 0.1) is 4.90 Å². The Balaban J connectivity index is 1.49. The summed E-state index contributed by atoms with van der Waals surface area (Å²) < 4.78 is 39.6. The van der Waals surface area contributed by atoms with Crippen LogP contribution in [0.4, 0.5) is 9.18 Å². The number of benzene rings is 2. The van der Waals surface area contributed by atoms with Gasteiger partial charge in [-0.25, -0.2) is 17.6 Å². The second-order valence-corrected chi connectivity index (χ2v) is 9.34. The van der Waals surface area contributed by atoms with Gasteiger partial charge in [0, 0.05) is 42.8 Å². The first-order valence-electron chi connectivity index (χ1n) is 9.00. The highest BCUT2D eigenvalue weighted by molar-refractivity contribution is 7.89. The summed E-state index contributed by atoms with van der Waals surface area (Å²) in [6.45, 7) is 1.29. The summed E-state index contributed by atoms with van der Waals surface area (Å²) in [6, 6.07) is 9.67. The number of amides is 2. The predicted molar refractivity (Wildman–Crippen MR) is 110 cm³/mol. The molecule has 0 bridgehead atoms. The molecule has 1 saturated heterocycles. The number of nitrogens with zero attached hydrogens (tertiary/aromatic N) is 2. The van der Waals surface area contributed by atoms with Crippen molar-refractivity contribution in [3.05, 3.63) is 63.9 Å². The van der Waals surface area contributed by atoms with Gasteiger partial charge in [0.1, 0.15) is 5.82 Å². The highest BCUT2D eigenvalue weighted by Crippen LogP contribution is 2.21. The summed E-state index contributed by atoms with van der Waals surface area (Å²) in [5.41, 5.74) is 0.881. The van der Waals surface area contributed by atoms with Crippen molar-refractivity contribution in [2.24, 2.45) is 0 Å². The lowest BCUT2D eigenvalue weighted by molar-refractivity contribution is 0.172. The molecule has 0 unspecified atom stereocenters. The average Bonchev–Trinajstić information content (AvgIpc) is 2.70. The normalized spacial score (nSPS) is 15.3. The van der Waals surface area contributed by atoms with E-state index in [1.54, 1.807) is 17.0 Å². The maximum absolute atomic E-state index is 13.0. The van der Waals surface area contributed by atoms with Crippen molar-refractivity contribution >= 4 is 39.3 Å². The van der Waals surface area contributed by atoms with E-state index >= 15 is 0 Å². The topological polar surface area (TPSA) is 69.7 Å². The van der Waals surface area contributed by atoms with E-state index in [0.29, 0.717) is 23.0 Å². The highest BCUT2D eigenvalue weighted by atomic mass is 35.5. The standard InChI is InChI=1S/C19H20Cl2FN3O3S/c20-15-2-1-14(18(21)13-15)7-8-23-19(26)24-9-11-25(12-10-24)29(27,28)17-5-3-16(22)4-6-17/h1-6,13H,7-12H2,(H,23,26). The Morgan fingerprint density at radius 2 is 1.69 bits per heavy atom. The number of piperazine rings is 1. The van der Waals surface area contributed by atoms with Gasteiger partial charge in [0.2, 0.25) is 10.0 Å². The van der Waals surface area contributed by atoms with Crippen LogP contribution in [0.1, 0.15) is 5.56 Å². The van der Waals surface area contributed by atoms with E-state index in [1.807, 2.05) is 6.07 Å². The van der Waals surface area contributed by atoms with Gasteiger partial charge in [0.25, 0.3) is 0 Å². The molecule has 6 nitrogen and oxygen atoms in total. The lowest BCUT2D eigenvalue weighted by Crippen LogP contribution is -2.53. The molecule has 0 atom stereocenters. The van der Waals surface area contributed by atoms with Crippen LogP contribution in [0.5, 0.6) is 0 Å². The molecule has 0 aromatic heterocycles. The number of urea groups is 1. The quantitative estimate of drug-likeness (QED) is 0.744. The lowest BCUT2D eigenvalue weighted by atomic mass is 10.1. The summed E-state index contributed by atoms with van der Waals surface area (Å²) in [5, 5.41) is 3.92. The van der Waals surface area contributed by atoms with E-state index in [4.69, 9.17) is 23.2 Å². The number of hydrogen-bond acceptors (Lipinski definition) is 3. The molecule has 2 aromatic rings. The predicted octanol–water partition coefficient (Wildman–Crippen LogP) is 3.39. The Hall–Kier alpha value is -1.87. The second-order valence-electron chi connectivity index (χ2n) is 6.56. The van der Waals surface area contributed by atoms with E-state index < -0.39 is 15.8 Å². The molecule has 2 aromatic carbocycles. The fourth-order valence-electron chi connectivity index (χ4n) is 3.03. The Kier molecular flexibility index (Phi) is 7.00. The fourth-order valence-corrected chi connectivity index (χ4v) is 4.95. The van der Waals surface area contributed by atoms with E-state index in [1.165, 1.54) is 16.4 Å². The molecule has 0 saturated carbocycles.